The van der Waals surface area contributed by atoms with Gasteiger partial charge in [0.1, 0.15) is 17.5 Å². The molecule has 0 spiro atoms. The van der Waals surface area contributed by atoms with Gasteiger partial charge in [-0.25, -0.2) is 9.97 Å². The molecule has 0 aliphatic rings. The van der Waals surface area contributed by atoms with Gasteiger partial charge in [0.25, 0.3) is 0 Å². The first-order chi connectivity index (χ1) is 8.60. The second-order valence-corrected chi connectivity index (χ2v) is 5.84. The molecule has 96 valence electrons. The largest absolute Gasteiger partial charge is 0.373 e. The second kappa shape index (κ2) is 5.67. The van der Waals surface area contributed by atoms with Crippen LogP contribution in [0.5, 0.6) is 0 Å². The Hall–Kier alpha value is -1.14. The van der Waals surface area contributed by atoms with Gasteiger partial charge in [0, 0.05) is 27.3 Å². The lowest BCUT2D eigenvalue weighted by Gasteiger charge is -2.11. The highest BCUT2D eigenvalue weighted by Crippen LogP contribution is 2.23. The van der Waals surface area contributed by atoms with Gasteiger partial charge in [-0.1, -0.05) is 0 Å². The number of halogens is 1. The molecule has 6 heteroatoms. The lowest BCUT2D eigenvalue weighted by molar-refractivity contribution is 1.01. The van der Waals surface area contributed by atoms with E-state index in [4.69, 9.17) is 0 Å². The average Bonchev–Trinajstić information content (AvgIpc) is 2.75. The number of nitrogens with one attached hydrogen (secondary N) is 2. The number of nitrogens with zero attached hydrogens (tertiary/aromatic N) is 2. The summed E-state index contributed by atoms with van der Waals surface area (Å²) < 4.78 is 1.12. The zero-order valence-corrected chi connectivity index (χ0v) is 12.9. The van der Waals surface area contributed by atoms with E-state index in [0.717, 1.165) is 34.0 Å². The summed E-state index contributed by atoms with van der Waals surface area (Å²) in [6.45, 7) is 4.68. The zero-order valence-electron chi connectivity index (χ0n) is 10.5. The van der Waals surface area contributed by atoms with Crippen LogP contribution in [0.1, 0.15) is 16.3 Å². The summed E-state index contributed by atoms with van der Waals surface area (Å²) >= 11 is 5.17. The average molecular weight is 327 g/mol. The molecule has 4 nitrogen and oxygen atoms in total. The Morgan fingerprint density at radius 2 is 2.00 bits per heavy atom. The molecule has 0 radical (unpaired) electrons. The van der Waals surface area contributed by atoms with Crippen molar-refractivity contribution in [2.24, 2.45) is 0 Å². The van der Waals surface area contributed by atoms with Crippen LogP contribution in [0.15, 0.2) is 15.9 Å². The maximum atomic E-state index is 4.43. The number of anilines is 2. The maximum Gasteiger partial charge on any atom is 0.135 e. The number of hydrogen-bond acceptors (Lipinski definition) is 5. The Morgan fingerprint density at radius 1 is 1.28 bits per heavy atom. The molecule has 0 amide bonds. The Morgan fingerprint density at radius 3 is 2.61 bits per heavy atom. The lowest BCUT2D eigenvalue weighted by atomic mass is 10.3. The smallest absolute Gasteiger partial charge is 0.135 e. The Kier molecular flexibility index (Phi) is 4.19. The van der Waals surface area contributed by atoms with Crippen LogP contribution in [-0.2, 0) is 6.54 Å². The van der Waals surface area contributed by atoms with Crippen molar-refractivity contribution in [3.63, 3.8) is 0 Å². The van der Waals surface area contributed by atoms with Crippen LogP contribution in [0.3, 0.4) is 0 Å². The number of hydrogen-bond donors (Lipinski definition) is 2. The summed E-state index contributed by atoms with van der Waals surface area (Å²) in [6, 6.07) is 2.11. The normalized spacial score (nSPS) is 10.4. The predicted molar refractivity (Wildman–Crippen MR) is 80.4 cm³/mol. The third-order valence-electron chi connectivity index (χ3n) is 2.55. The summed E-state index contributed by atoms with van der Waals surface area (Å²) in [7, 11) is 1.87. The minimum atomic E-state index is 0.764. The van der Waals surface area contributed by atoms with Crippen LogP contribution in [0.2, 0.25) is 0 Å². The van der Waals surface area contributed by atoms with E-state index in [9.17, 15) is 0 Å². The van der Waals surface area contributed by atoms with Gasteiger partial charge in [0.2, 0.25) is 0 Å². The molecule has 2 rings (SSSR count). The Balaban J connectivity index is 2.16. The van der Waals surface area contributed by atoms with Crippen LogP contribution < -0.4 is 10.6 Å². The molecule has 0 aromatic carbocycles. The third-order valence-corrected chi connectivity index (χ3v) is 4.24. The summed E-state index contributed by atoms with van der Waals surface area (Å²) in [5.41, 5.74) is 1.04. The van der Waals surface area contributed by atoms with Gasteiger partial charge >= 0.3 is 0 Å². The zero-order chi connectivity index (χ0) is 13.1. The topological polar surface area (TPSA) is 49.8 Å². The first-order valence-corrected chi connectivity index (χ1v) is 7.27. The number of aromatic nitrogens is 2. The molecule has 2 aromatic rings. The maximum absolute atomic E-state index is 4.43. The molecular weight excluding hydrogens is 312 g/mol. The van der Waals surface area contributed by atoms with Gasteiger partial charge in [0.05, 0.1) is 6.54 Å². The fourth-order valence-electron chi connectivity index (χ4n) is 1.66. The van der Waals surface area contributed by atoms with Crippen molar-refractivity contribution in [3.8, 4) is 0 Å². The van der Waals surface area contributed by atoms with Crippen molar-refractivity contribution in [3.05, 3.63) is 32.2 Å². The number of thiophene rings is 1. The van der Waals surface area contributed by atoms with Gasteiger partial charge in [0.15, 0.2) is 0 Å². The van der Waals surface area contributed by atoms with Crippen LogP contribution in [-0.4, -0.2) is 17.0 Å². The molecule has 0 aliphatic carbocycles. The molecule has 2 N–H and O–H groups in total. The van der Waals surface area contributed by atoms with Gasteiger partial charge in [-0.3, -0.25) is 0 Å². The Labute approximate surface area is 119 Å². The highest BCUT2D eigenvalue weighted by atomic mass is 79.9. The Bertz CT molecular complexity index is 553. The monoisotopic (exact) mass is 326 g/mol. The standard InChI is InChI=1S/C12H15BrN4S/c1-7-11(14-3)16-8(2)17-12(7)15-5-10-4-9(13)6-18-10/h4,6H,5H2,1-3H3,(H2,14,15,16,17). The second-order valence-electron chi connectivity index (χ2n) is 3.93. The fourth-order valence-corrected chi connectivity index (χ4v) is 3.05. The van der Waals surface area contributed by atoms with E-state index in [1.54, 1.807) is 11.3 Å². The predicted octanol–water partition coefficient (Wildman–Crippen LogP) is 3.57. The first kappa shape index (κ1) is 13.3. The molecule has 2 aromatic heterocycles. The minimum Gasteiger partial charge on any atom is -0.373 e. The molecule has 0 unspecified atom stereocenters. The van der Waals surface area contributed by atoms with E-state index < -0.39 is 0 Å². The minimum absolute atomic E-state index is 0.764. The first-order valence-electron chi connectivity index (χ1n) is 5.60. The summed E-state index contributed by atoms with van der Waals surface area (Å²) in [5.74, 6) is 2.52. The van der Waals surface area contributed by atoms with Crippen LogP contribution in [0, 0.1) is 13.8 Å². The van der Waals surface area contributed by atoms with Crippen molar-refractivity contribution >= 4 is 38.9 Å². The van der Waals surface area contributed by atoms with Crippen molar-refractivity contribution in [2.45, 2.75) is 20.4 Å². The molecule has 2 heterocycles. The summed E-state index contributed by atoms with van der Waals surface area (Å²) in [4.78, 5) is 10.0. The summed E-state index contributed by atoms with van der Waals surface area (Å²) in [6.07, 6.45) is 0. The van der Waals surface area contributed by atoms with Gasteiger partial charge in [-0.15, -0.1) is 11.3 Å². The third kappa shape index (κ3) is 3.00. The number of rotatable bonds is 4. The van der Waals surface area contributed by atoms with Crippen molar-refractivity contribution < 1.29 is 0 Å². The molecule has 0 bridgehead atoms. The van der Waals surface area contributed by atoms with Crippen LogP contribution in [0.25, 0.3) is 0 Å². The van der Waals surface area contributed by atoms with Gasteiger partial charge in [-0.05, 0) is 35.8 Å². The van der Waals surface area contributed by atoms with E-state index in [2.05, 4.69) is 48.0 Å². The molecule has 0 saturated heterocycles. The quantitative estimate of drug-likeness (QED) is 0.901. The van der Waals surface area contributed by atoms with Gasteiger partial charge in [-0.2, -0.15) is 0 Å². The lowest BCUT2D eigenvalue weighted by Crippen LogP contribution is -2.07. The fraction of sp³-hybridized carbons (Fsp3) is 0.333. The van der Waals surface area contributed by atoms with Crippen molar-refractivity contribution in [1.82, 2.24) is 9.97 Å². The molecular formula is C12H15BrN4S. The highest BCUT2D eigenvalue weighted by molar-refractivity contribution is 9.10. The number of aryl methyl sites for hydroxylation is 1. The SMILES string of the molecule is CNc1nc(C)nc(NCc2cc(Br)cs2)c1C. The van der Waals surface area contributed by atoms with Crippen LogP contribution in [0.4, 0.5) is 11.6 Å². The van der Waals surface area contributed by atoms with E-state index in [0.29, 0.717) is 0 Å². The van der Waals surface area contributed by atoms with Gasteiger partial charge < -0.3 is 10.6 Å². The van der Waals surface area contributed by atoms with E-state index in [-0.39, 0.29) is 0 Å². The summed E-state index contributed by atoms with van der Waals surface area (Å²) in [5, 5.41) is 8.52. The van der Waals surface area contributed by atoms with E-state index in [1.807, 2.05) is 20.9 Å². The molecule has 0 saturated carbocycles. The molecule has 18 heavy (non-hydrogen) atoms. The molecule has 0 atom stereocenters. The highest BCUT2D eigenvalue weighted by Gasteiger charge is 2.08. The molecule has 0 aliphatic heterocycles. The van der Waals surface area contributed by atoms with Crippen molar-refractivity contribution in [2.75, 3.05) is 17.7 Å². The molecule has 0 fully saturated rings. The van der Waals surface area contributed by atoms with Crippen molar-refractivity contribution in [1.29, 1.82) is 0 Å². The van der Waals surface area contributed by atoms with E-state index in [1.165, 1.54) is 4.88 Å². The van der Waals surface area contributed by atoms with Crippen LogP contribution >= 0.6 is 27.3 Å². The van der Waals surface area contributed by atoms with E-state index >= 15 is 0 Å².